The van der Waals surface area contributed by atoms with Crippen molar-refractivity contribution in [1.29, 1.82) is 0 Å². The average Bonchev–Trinajstić information content (AvgIpc) is 3.62. The fourth-order valence-corrected chi connectivity index (χ4v) is 6.76. The van der Waals surface area contributed by atoms with Gasteiger partial charge in [-0.15, -0.1) is 0 Å². The predicted octanol–water partition coefficient (Wildman–Crippen LogP) is 10.6. The maximum absolute atomic E-state index is 4.64. The molecule has 0 bridgehead atoms. The van der Waals surface area contributed by atoms with Gasteiger partial charge in [-0.05, 0) is 65.7 Å². The van der Waals surface area contributed by atoms with Crippen LogP contribution in [0.4, 0.5) is 0 Å². The van der Waals surface area contributed by atoms with Gasteiger partial charge in [-0.1, -0.05) is 97.1 Å². The molecule has 0 saturated carbocycles. The van der Waals surface area contributed by atoms with Gasteiger partial charge in [0.2, 0.25) is 0 Å². The van der Waals surface area contributed by atoms with Crippen molar-refractivity contribution in [2.45, 2.75) is 0 Å². The minimum absolute atomic E-state index is 1.10. The maximum Gasteiger partial charge on any atom is 0.0541 e. The molecule has 0 unspecified atom stereocenters. The molecule has 0 N–H and O–H groups in total. The molecule has 0 aliphatic heterocycles. The van der Waals surface area contributed by atoms with Gasteiger partial charge in [-0.2, -0.15) is 0 Å². The molecule has 206 valence electrons. The fourth-order valence-electron chi connectivity index (χ4n) is 6.76. The lowest BCUT2D eigenvalue weighted by Gasteiger charge is -2.11. The summed E-state index contributed by atoms with van der Waals surface area (Å²) < 4.78 is 4.70. The summed E-state index contributed by atoms with van der Waals surface area (Å²) in [6.07, 6.45) is 3.90. The highest BCUT2D eigenvalue weighted by Crippen LogP contribution is 2.35. The van der Waals surface area contributed by atoms with E-state index in [0.29, 0.717) is 0 Å². The van der Waals surface area contributed by atoms with Crippen LogP contribution in [0.1, 0.15) is 0 Å². The van der Waals surface area contributed by atoms with Crippen LogP contribution >= 0.6 is 0 Å². The van der Waals surface area contributed by atoms with Crippen LogP contribution in [0.5, 0.6) is 0 Å². The number of benzene rings is 6. The summed E-state index contributed by atoms with van der Waals surface area (Å²) in [5.41, 5.74) is 11.7. The van der Waals surface area contributed by atoms with E-state index < -0.39 is 0 Å². The lowest BCUT2D eigenvalue weighted by atomic mass is 10.0. The Morgan fingerprint density at radius 1 is 0.318 bits per heavy atom. The van der Waals surface area contributed by atoms with E-state index in [9.17, 15) is 0 Å². The van der Waals surface area contributed by atoms with Crippen LogP contribution < -0.4 is 0 Å². The van der Waals surface area contributed by atoms with Crippen LogP contribution in [0.3, 0.4) is 0 Å². The number of hydrogen-bond acceptors (Lipinski definition) is 1. The van der Waals surface area contributed by atoms with Crippen LogP contribution in [0.15, 0.2) is 164 Å². The molecule has 0 aliphatic rings. The van der Waals surface area contributed by atoms with E-state index >= 15 is 0 Å². The Morgan fingerprint density at radius 3 is 0.977 bits per heavy atom. The van der Waals surface area contributed by atoms with Crippen molar-refractivity contribution in [2.24, 2.45) is 0 Å². The first-order valence-corrected chi connectivity index (χ1v) is 15.0. The van der Waals surface area contributed by atoms with Crippen molar-refractivity contribution in [3.63, 3.8) is 0 Å². The zero-order valence-corrected chi connectivity index (χ0v) is 23.9. The van der Waals surface area contributed by atoms with E-state index in [1.54, 1.807) is 0 Å². The molecule has 0 radical (unpaired) electrons. The minimum atomic E-state index is 1.10. The van der Waals surface area contributed by atoms with Crippen LogP contribution in [0.2, 0.25) is 0 Å². The Morgan fingerprint density at radius 2 is 0.636 bits per heavy atom. The van der Waals surface area contributed by atoms with Gasteiger partial charge >= 0.3 is 0 Å². The highest BCUT2D eigenvalue weighted by Gasteiger charge is 2.13. The molecule has 9 aromatic rings. The van der Waals surface area contributed by atoms with Crippen LogP contribution in [0.25, 0.3) is 77.2 Å². The Hall–Kier alpha value is -5.93. The standard InChI is InChI=1S/C41H27N3/c1-5-13-38-34(9-1)35-10-2-6-14-39(35)43(38)32-21-17-28(18-22-32)30-25-31(27-42-26-30)29-19-23-33(24-20-29)44-40-15-7-3-11-36(40)37-12-4-8-16-41(37)44/h1-27H. The number of hydrogen-bond donors (Lipinski definition) is 0. The Balaban J connectivity index is 1.06. The van der Waals surface area contributed by atoms with E-state index in [0.717, 1.165) is 33.6 Å². The number of aromatic nitrogens is 3. The van der Waals surface area contributed by atoms with Gasteiger partial charge in [0.25, 0.3) is 0 Å². The summed E-state index contributed by atoms with van der Waals surface area (Å²) in [6.45, 7) is 0. The monoisotopic (exact) mass is 561 g/mol. The highest BCUT2D eigenvalue weighted by atomic mass is 15.0. The Kier molecular flexibility index (Phi) is 5.50. The molecule has 3 aromatic heterocycles. The number of rotatable bonds is 4. The summed E-state index contributed by atoms with van der Waals surface area (Å²) in [6, 6.07) is 54.4. The zero-order valence-electron chi connectivity index (χ0n) is 23.9. The molecule has 0 atom stereocenters. The predicted molar refractivity (Wildman–Crippen MR) is 184 cm³/mol. The van der Waals surface area contributed by atoms with E-state index in [4.69, 9.17) is 0 Å². The number of pyridine rings is 1. The Bertz CT molecular complexity index is 2200. The lowest BCUT2D eigenvalue weighted by molar-refractivity contribution is 1.18. The van der Waals surface area contributed by atoms with E-state index in [1.807, 2.05) is 12.4 Å². The quantitative estimate of drug-likeness (QED) is 0.210. The third kappa shape index (κ3) is 3.80. The molecular formula is C41H27N3. The van der Waals surface area contributed by atoms with Crippen LogP contribution in [-0.4, -0.2) is 14.1 Å². The van der Waals surface area contributed by atoms with Crippen molar-refractivity contribution in [3.8, 4) is 33.6 Å². The molecule has 0 spiro atoms. The first kappa shape index (κ1) is 24.6. The number of nitrogens with zero attached hydrogens (tertiary/aromatic N) is 3. The molecule has 0 aliphatic carbocycles. The maximum atomic E-state index is 4.64. The molecule has 0 saturated heterocycles. The molecule has 3 heterocycles. The van der Waals surface area contributed by atoms with Crippen LogP contribution in [-0.2, 0) is 0 Å². The largest absolute Gasteiger partial charge is 0.309 e. The second kappa shape index (κ2) is 9.82. The molecule has 44 heavy (non-hydrogen) atoms. The van der Waals surface area contributed by atoms with Crippen LogP contribution in [0, 0.1) is 0 Å². The molecule has 6 aromatic carbocycles. The minimum Gasteiger partial charge on any atom is -0.309 e. The molecule has 0 amide bonds. The van der Waals surface area contributed by atoms with Crippen molar-refractivity contribution in [2.75, 3.05) is 0 Å². The van der Waals surface area contributed by atoms with Gasteiger partial charge in [-0.25, -0.2) is 0 Å². The average molecular weight is 562 g/mol. The van der Waals surface area contributed by atoms with Crippen molar-refractivity contribution >= 4 is 43.6 Å². The van der Waals surface area contributed by atoms with E-state index in [-0.39, 0.29) is 0 Å². The molecule has 9 rings (SSSR count). The number of fused-ring (bicyclic) bond motifs is 6. The molecular weight excluding hydrogens is 534 g/mol. The molecule has 3 heteroatoms. The van der Waals surface area contributed by atoms with Crippen molar-refractivity contribution in [1.82, 2.24) is 14.1 Å². The summed E-state index contributed by atoms with van der Waals surface area (Å²) in [5, 5.41) is 5.09. The first-order chi connectivity index (χ1) is 21.8. The lowest BCUT2D eigenvalue weighted by Crippen LogP contribution is -1.94. The Labute approximate surface area is 254 Å². The third-order valence-electron chi connectivity index (χ3n) is 8.82. The second-order valence-electron chi connectivity index (χ2n) is 11.3. The van der Waals surface area contributed by atoms with E-state index in [2.05, 4.69) is 166 Å². The normalized spacial score (nSPS) is 11.6. The van der Waals surface area contributed by atoms with Gasteiger partial charge in [0.1, 0.15) is 0 Å². The second-order valence-corrected chi connectivity index (χ2v) is 11.3. The first-order valence-electron chi connectivity index (χ1n) is 15.0. The van der Waals surface area contributed by atoms with Crippen molar-refractivity contribution in [3.05, 3.63) is 164 Å². The van der Waals surface area contributed by atoms with Crippen molar-refractivity contribution < 1.29 is 0 Å². The molecule has 0 fully saturated rings. The summed E-state index contributed by atoms with van der Waals surface area (Å²) in [5.74, 6) is 0. The van der Waals surface area contributed by atoms with E-state index in [1.165, 1.54) is 43.6 Å². The SMILES string of the molecule is c1ccc2c(c1)c1ccccc1n2-c1ccc(-c2cncc(-c3ccc(-n4c5ccccc5c5ccccc54)cc3)c2)cc1. The van der Waals surface area contributed by atoms with Gasteiger partial charge in [0.05, 0.1) is 22.1 Å². The van der Waals surface area contributed by atoms with Gasteiger partial charge in [0, 0.05) is 56.4 Å². The van der Waals surface area contributed by atoms with Gasteiger partial charge in [-0.3, -0.25) is 4.98 Å². The van der Waals surface area contributed by atoms with Gasteiger partial charge < -0.3 is 9.13 Å². The fraction of sp³-hybridized carbons (Fsp3) is 0. The smallest absolute Gasteiger partial charge is 0.0541 e. The topological polar surface area (TPSA) is 22.8 Å². The number of para-hydroxylation sites is 4. The van der Waals surface area contributed by atoms with Gasteiger partial charge in [0.15, 0.2) is 0 Å². The summed E-state index contributed by atoms with van der Waals surface area (Å²) in [4.78, 5) is 4.64. The highest BCUT2D eigenvalue weighted by molar-refractivity contribution is 6.10. The third-order valence-corrected chi connectivity index (χ3v) is 8.82. The summed E-state index contributed by atoms with van der Waals surface area (Å²) in [7, 11) is 0. The zero-order chi connectivity index (χ0) is 29.0. The molecule has 3 nitrogen and oxygen atoms in total. The summed E-state index contributed by atoms with van der Waals surface area (Å²) >= 11 is 0.